The van der Waals surface area contributed by atoms with E-state index in [4.69, 9.17) is 18.9 Å². The number of hydrogen-bond acceptors (Lipinski definition) is 12. The number of aromatic hydroxyl groups is 1. The fraction of sp³-hybridized carbons (Fsp3) is 0.600. The molecule has 14 unspecified atom stereocenters. The van der Waals surface area contributed by atoms with Gasteiger partial charge in [0.05, 0.1) is 36.3 Å². The van der Waals surface area contributed by atoms with Gasteiger partial charge in [-0.05, 0) is 104 Å². The Morgan fingerprint density at radius 3 is 2.30 bits per heavy atom. The highest BCUT2D eigenvalue weighted by Crippen LogP contribution is 2.62. The molecule has 14 nitrogen and oxygen atoms in total. The number of carbonyl (C=O) groups is 4. The van der Waals surface area contributed by atoms with Gasteiger partial charge in [0.1, 0.15) is 34.5 Å². The number of Topliss-reactive ketones (excluding diaryl/α,β-unsaturated/α-hetero) is 1. The average molecular weight is 888 g/mol. The molecule has 0 radical (unpaired) electrons. The predicted molar refractivity (Wildman–Crippen MR) is 235 cm³/mol. The third-order valence-electron chi connectivity index (χ3n) is 15.7. The largest absolute Gasteiger partial charge is 0.511 e. The van der Waals surface area contributed by atoms with Crippen molar-refractivity contribution in [1.29, 1.82) is 0 Å². The number of phenolic OH excluding ortho intramolecular Hbond substituents is 1. The van der Waals surface area contributed by atoms with Crippen LogP contribution in [-0.2, 0) is 28.6 Å². The van der Waals surface area contributed by atoms with Crippen molar-refractivity contribution >= 4 is 23.6 Å². The summed E-state index contributed by atoms with van der Waals surface area (Å²) in [6.07, 6.45) is 5.40. The van der Waals surface area contributed by atoms with Gasteiger partial charge in [-0.1, -0.05) is 61.8 Å². The number of carbonyl (C=O) groups excluding carboxylic acids is 3. The Morgan fingerprint density at radius 2 is 1.66 bits per heavy atom. The topological polar surface area (TPSA) is 218 Å². The number of ether oxygens (including phenoxy) is 4. The van der Waals surface area contributed by atoms with E-state index in [9.17, 15) is 39.9 Å². The van der Waals surface area contributed by atoms with Gasteiger partial charge < -0.3 is 49.8 Å². The summed E-state index contributed by atoms with van der Waals surface area (Å²) in [6, 6.07) is 1.78. The molecule has 2 saturated heterocycles. The Bertz CT molecular complexity index is 2280. The minimum atomic E-state index is -1.97. The molecule has 1 aromatic carbocycles. The first kappa shape index (κ1) is 47.2. The number of methoxy groups -OCH3 is 1. The molecule has 1 saturated carbocycles. The number of phenols is 1. The molecule has 6 aliphatic rings. The zero-order valence-corrected chi connectivity index (χ0v) is 38.8. The number of fused-ring (bicyclic) bond motifs is 4. The van der Waals surface area contributed by atoms with Crippen molar-refractivity contribution in [2.45, 2.75) is 143 Å². The second-order valence-corrected chi connectivity index (χ2v) is 20.2. The van der Waals surface area contributed by atoms with Gasteiger partial charge in [-0.2, -0.15) is 0 Å². The number of aryl methyl sites for hydroxylation is 1. The number of aliphatic carboxylic acids is 1. The summed E-state index contributed by atoms with van der Waals surface area (Å²) < 4.78 is 24.4. The molecule has 14 atom stereocenters. The maximum absolute atomic E-state index is 15.2. The number of aliphatic hydroxyl groups excluding tert-OH is 2. The Hall–Kier alpha value is -4.76. The average Bonchev–Trinajstić information content (AvgIpc) is 3.45. The third kappa shape index (κ3) is 7.32. The normalized spacial score (nSPS) is 41.2. The van der Waals surface area contributed by atoms with Crippen molar-refractivity contribution in [3.05, 3.63) is 81.2 Å². The zero-order chi connectivity index (χ0) is 47.2. The summed E-state index contributed by atoms with van der Waals surface area (Å²) in [6.45, 7) is 18.0. The van der Waals surface area contributed by atoms with Crippen LogP contribution in [-0.4, -0.2) is 98.1 Å². The molecule has 348 valence electrons. The molecule has 0 aromatic heterocycles. The van der Waals surface area contributed by atoms with E-state index in [1.807, 2.05) is 33.8 Å². The van der Waals surface area contributed by atoms with E-state index in [-0.39, 0.29) is 35.0 Å². The number of benzene rings is 1. The van der Waals surface area contributed by atoms with Crippen LogP contribution in [0, 0.1) is 47.3 Å². The molecule has 7 rings (SSSR count). The van der Waals surface area contributed by atoms with Crippen molar-refractivity contribution in [2.24, 2.45) is 40.4 Å². The second kappa shape index (κ2) is 16.6. The Balaban J connectivity index is 1.26. The summed E-state index contributed by atoms with van der Waals surface area (Å²) >= 11 is 0. The van der Waals surface area contributed by atoms with Crippen molar-refractivity contribution in [2.75, 3.05) is 7.11 Å². The molecule has 2 heterocycles. The summed E-state index contributed by atoms with van der Waals surface area (Å²) in [5.41, 5.74) is -3.52. The molecule has 2 aliphatic heterocycles. The number of allylic oxidation sites excluding steroid dienone is 5. The lowest BCUT2D eigenvalue weighted by Crippen LogP contribution is -2.70. The molecular weight excluding hydrogens is 823 g/mol. The van der Waals surface area contributed by atoms with Crippen LogP contribution in [0.1, 0.15) is 110 Å². The standard InChI is InChI=1S/C50H65NO13/c1-23-13-12-14-24(2)37-27(5)18-31-34(63-46-42(55)49(10,60)39(29(7)62-46)51-43(56)35-26(4)17-30(61-11)19-33(35)52)16-15-25(3)38(31)48(37,9)40(53)36-41(54)50(64-45(36)59)21-28(6)32(44(57)58)22-47(50,8)20-23/h14,17-20,22,25,28-29,31,34,37-39,42,46,52-53,55,60H,12-13,15-16,21H2,1-11H3,(H,51,56)(H,57,58)/b23-20?,24-14?,40-36-. The van der Waals surface area contributed by atoms with Crippen LogP contribution < -0.4 is 10.1 Å². The number of esters is 1. The highest BCUT2D eigenvalue weighted by atomic mass is 16.7. The number of aliphatic hydroxyl groups is 3. The fourth-order valence-electron chi connectivity index (χ4n) is 12.7. The first-order valence-electron chi connectivity index (χ1n) is 22.5. The highest BCUT2D eigenvalue weighted by Gasteiger charge is 2.67. The lowest BCUT2D eigenvalue weighted by molar-refractivity contribution is -0.315. The number of amides is 1. The molecule has 64 heavy (non-hydrogen) atoms. The molecule has 1 spiro atoms. The summed E-state index contributed by atoms with van der Waals surface area (Å²) in [5, 5.41) is 60.3. The van der Waals surface area contributed by atoms with E-state index in [2.05, 4.69) is 24.4 Å². The number of carboxylic acids is 1. The predicted octanol–water partition coefficient (Wildman–Crippen LogP) is 6.71. The Morgan fingerprint density at radius 1 is 0.969 bits per heavy atom. The van der Waals surface area contributed by atoms with Gasteiger partial charge in [0.25, 0.3) is 5.91 Å². The number of rotatable bonds is 6. The summed E-state index contributed by atoms with van der Waals surface area (Å²) in [4.78, 5) is 55.6. The number of hydrogen-bond donors (Lipinski definition) is 6. The van der Waals surface area contributed by atoms with Crippen LogP contribution in [0.5, 0.6) is 11.5 Å². The van der Waals surface area contributed by atoms with Crippen molar-refractivity contribution in [1.82, 2.24) is 5.32 Å². The van der Waals surface area contributed by atoms with Gasteiger partial charge in [-0.25, -0.2) is 9.59 Å². The Labute approximate surface area is 375 Å². The summed E-state index contributed by atoms with van der Waals surface area (Å²) in [5.74, 6) is -5.78. The SMILES string of the molecule is COc1cc(C)c(C(=O)NC2C(C)OC(OC3CCC(C)C4C3C=C(C)C3C(C)=CCCC(C)=CC5(C)C=C(C(=O)O)C(C)CC56OC(=O)/C(=C(\O)C34C)C6=O)C(O)C2(C)O)c(O)c1. The first-order chi connectivity index (χ1) is 29.8. The van der Waals surface area contributed by atoms with Crippen molar-refractivity contribution in [3.63, 3.8) is 0 Å². The van der Waals surface area contributed by atoms with Crippen LogP contribution >= 0.6 is 0 Å². The Kier molecular flexibility index (Phi) is 12.2. The van der Waals surface area contributed by atoms with Gasteiger partial charge in [0, 0.05) is 35.3 Å². The van der Waals surface area contributed by atoms with Gasteiger partial charge in [0.15, 0.2) is 11.9 Å². The molecule has 1 aromatic rings. The molecule has 6 N–H and O–H groups in total. The lowest BCUT2D eigenvalue weighted by Gasteiger charge is -2.57. The monoisotopic (exact) mass is 887 g/mol. The maximum Gasteiger partial charge on any atom is 0.346 e. The maximum atomic E-state index is 15.2. The van der Waals surface area contributed by atoms with Crippen LogP contribution in [0.4, 0.5) is 0 Å². The van der Waals surface area contributed by atoms with Crippen molar-refractivity contribution < 1.29 is 63.7 Å². The molecular formula is C50H65NO13. The zero-order valence-electron chi connectivity index (χ0n) is 38.8. The van der Waals surface area contributed by atoms with Crippen LogP contribution in [0.25, 0.3) is 0 Å². The van der Waals surface area contributed by atoms with E-state index in [0.29, 0.717) is 37.0 Å². The van der Waals surface area contributed by atoms with E-state index >= 15 is 4.79 Å². The minimum Gasteiger partial charge on any atom is -0.511 e. The lowest BCUT2D eigenvalue weighted by atomic mass is 9.49. The van der Waals surface area contributed by atoms with Gasteiger partial charge in [-0.3, -0.25) is 9.59 Å². The van der Waals surface area contributed by atoms with Gasteiger partial charge in [0.2, 0.25) is 5.78 Å². The third-order valence-corrected chi connectivity index (χ3v) is 15.7. The highest BCUT2D eigenvalue weighted by molar-refractivity contribution is 6.26. The van der Waals surface area contributed by atoms with E-state index in [1.54, 1.807) is 39.8 Å². The van der Waals surface area contributed by atoms with E-state index < -0.39 is 106 Å². The number of ketones is 1. The van der Waals surface area contributed by atoms with Gasteiger partial charge in [-0.15, -0.1) is 0 Å². The van der Waals surface area contributed by atoms with Gasteiger partial charge >= 0.3 is 11.9 Å². The quantitative estimate of drug-likeness (QED) is 0.0995. The van der Waals surface area contributed by atoms with Crippen LogP contribution in [0.3, 0.4) is 0 Å². The fourth-order valence-corrected chi connectivity index (χ4v) is 12.7. The molecule has 3 fully saturated rings. The first-order valence-corrected chi connectivity index (χ1v) is 22.5. The smallest absolute Gasteiger partial charge is 0.346 e. The minimum absolute atomic E-state index is 0.0168. The number of nitrogens with one attached hydrogen (secondary N) is 1. The summed E-state index contributed by atoms with van der Waals surface area (Å²) in [7, 11) is 1.44. The van der Waals surface area contributed by atoms with Crippen LogP contribution in [0.15, 0.2) is 70.1 Å². The number of carboxylic acid groups (broad SMARTS) is 1. The molecule has 2 bridgehead atoms. The molecule has 4 aliphatic carbocycles. The molecule has 14 heteroatoms. The van der Waals surface area contributed by atoms with Crippen molar-refractivity contribution in [3.8, 4) is 11.5 Å². The molecule has 1 amide bonds. The van der Waals surface area contributed by atoms with E-state index in [0.717, 1.165) is 16.7 Å². The van der Waals surface area contributed by atoms with E-state index in [1.165, 1.54) is 20.1 Å². The second-order valence-electron chi connectivity index (χ2n) is 20.2. The van der Waals surface area contributed by atoms with Crippen LogP contribution in [0.2, 0.25) is 0 Å².